The largest absolute Gasteiger partial charge is 0.495 e. The zero-order chi connectivity index (χ0) is 22.2. The second-order valence-electron chi connectivity index (χ2n) is 7.20. The highest BCUT2D eigenvalue weighted by molar-refractivity contribution is 6.32. The molecule has 0 saturated carbocycles. The topological polar surface area (TPSA) is 101 Å². The first kappa shape index (κ1) is 22.7. The van der Waals surface area contributed by atoms with Crippen molar-refractivity contribution in [2.45, 2.75) is 26.2 Å². The fraction of sp³-hybridized carbons (Fsp3) is 0.476. The maximum absolute atomic E-state index is 12.3. The van der Waals surface area contributed by atoms with E-state index in [4.69, 9.17) is 21.1 Å². The Morgan fingerprint density at radius 1 is 1.06 bits per heavy atom. The van der Waals surface area contributed by atoms with Gasteiger partial charge in [-0.1, -0.05) is 11.6 Å². The van der Waals surface area contributed by atoms with E-state index in [1.54, 1.807) is 12.1 Å². The van der Waals surface area contributed by atoms with Crippen molar-refractivity contribution >= 4 is 35.0 Å². The number of methoxy groups -OCH3 is 2. The molecule has 9 nitrogen and oxygen atoms in total. The molecular formula is C21H29ClN6O3. The number of urea groups is 1. The van der Waals surface area contributed by atoms with E-state index in [0.29, 0.717) is 35.3 Å². The van der Waals surface area contributed by atoms with Gasteiger partial charge in [0.05, 0.1) is 24.9 Å². The highest BCUT2D eigenvalue weighted by Gasteiger charge is 2.14. The summed E-state index contributed by atoms with van der Waals surface area (Å²) in [5.41, 5.74) is 0.455. The quantitative estimate of drug-likeness (QED) is 0.529. The lowest BCUT2D eigenvalue weighted by atomic mass is 10.1. The van der Waals surface area contributed by atoms with Crippen LogP contribution >= 0.6 is 11.6 Å². The number of aryl methyl sites for hydroxylation is 1. The molecule has 1 fully saturated rings. The van der Waals surface area contributed by atoms with Gasteiger partial charge >= 0.3 is 6.03 Å². The number of nitrogens with zero attached hydrogens (tertiary/aromatic N) is 3. The maximum atomic E-state index is 12.3. The van der Waals surface area contributed by atoms with Crippen LogP contribution in [-0.4, -0.2) is 56.4 Å². The first-order valence-corrected chi connectivity index (χ1v) is 10.7. The zero-order valence-corrected chi connectivity index (χ0v) is 18.9. The number of ether oxygens (including phenoxy) is 2. The molecule has 2 amide bonds. The van der Waals surface area contributed by atoms with E-state index in [1.165, 1.54) is 33.5 Å². The van der Waals surface area contributed by atoms with Crippen LogP contribution in [0.3, 0.4) is 0 Å². The molecule has 0 atom stereocenters. The highest BCUT2D eigenvalue weighted by atomic mass is 35.5. The van der Waals surface area contributed by atoms with E-state index in [9.17, 15) is 4.79 Å². The SMILES string of the molecule is COc1cc(OC)c(NC(=O)NCCNc2cc(N3CCCCC3)nc(C)n2)cc1Cl. The maximum Gasteiger partial charge on any atom is 0.319 e. The van der Waals surface area contributed by atoms with Crippen molar-refractivity contribution in [3.05, 3.63) is 29.0 Å². The van der Waals surface area contributed by atoms with Gasteiger partial charge in [0, 0.05) is 38.3 Å². The van der Waals surface area contributed by atoms with Gasteiger partial charge in [0.1, 0.15) is 29.0 Å². The normalized spacial score (nSPS) is 13.5. The van der Waals surface area contributed by atoms with Gasteiger partial charge in [0.25, 0.3) is 0 Å². The number of hydrogen-bond acceptors (Lipinski definition) is 7. The molecule has 2 aromatic rings. The Hall–Kier alpha value is -2.94. The van der Waals surface area contributed by atoms with Gasteiger partial charge in [-0.25, -0.2) is 14.8 Å². The molecule has 2 heterocycles. The summed E-state index contributed by atoms with van der Waals surface area (Å²) in [7, 11) is 3.03. The second kappa shape index (κ2) is 10.9. The van der Waals surface area contributed by atoms with Crippen LogP contribution in [0.1, 0.15) is 25.1 Å². The number of benzene rings is 1. The van der Waals surface area contributed by atoms with Gasteiger partial charge in [-0.05, 0) is 32.3 Å². The predicted molar refractivity (Wildman–Crippen MR) is 123 cm³/mol. The zero-order valence-electron chi connectivity index (χ0n) is 18.1. The van der Waals surface area contributed by atoms with E-state index in [0.717, 1.165) is 30.5 Å². The van der Waals surface area contributed by atoms with Crippen molar-refractivity contribution < 1.29 is 14.3 Å². The lowest BCUT2D eigenvalue weighted by Gasteiger charge is -2.28. The van der Waals surface area contributed by atoms with E-state index < -0.39 is 0 Å². The molecule has 1 aromatic heterocycles. The average molecular weight is 449 g/mol. The number of amides is 2. The number of rotatable bonds is 8. The standard InChI is InChI=1S/C21H29ClN6O3/c1-14-25-19(13-20(26-14)28-9-5-4-6-10-28)23-7-8-24-21(29)27-16-11-15(22)17(30-2)12-18(16)31-3/h11-13H,4-10H2,1-3H3,(H,23,25,26)(H2,24,27,29). The third-order valence-electron chi connectivity index (χ3n) is 4.94. The van der Waals surface area contributed by atoms with Crippen LogP contribution in [0.25, 0.3) is 0 Å². The average Bonchev–Trinajstić information content (AvgIpc) is 2.77. The molecule has 1 aromatic carbocycles. The summed E-state index contributed by atoms with van der Waals surface area (Å²) in [5.74, 6) is 3.34. The summed E-state index contributed by atoms with van der Waals surface area (Å²) in [5, 5.41) is 9.16. The molecule has 0 aliphatic carbocycles. The van der Waals surface area contributed by atoms with Crippen molar-refractivity contribution in [3.8, 4) is 11.5 Å². The Bertz CT molecular complexity index is 905. The third kappa shape index (κ3) is 6.27. The van der Waals surface area contributed by atoms with Crippen molar-refractivity contribution in [1.82, 2.24) is 15.3 Å². The molecule has 0 unspecified atom stereocenters. The minimum absolute atomic E-state index is 0.366. The summed E-state index contributed by atoms with van der Waals surface area (Å²) in [6, 6.07) is 4.80. The van der Waals surface area contributed by atoms with Gasteiger partial charge in [-0.2, -0.15) is 0 Å². The molecule has 0 spiro atoms. The Balaban J connectivity index is 1.50. The molecule has 1 aliphatic rings. The second-order valence-corrected chi connectivity index (χ2v) is 7.61. The fourth-order valence-electron chi connectivity index (χ4n) is 3.42. The minimum Gasteiger partial charge on any atom is -0.495 e. The number of anilines is 3. The van der Waals surface area contributed by atoms with E-state index in [1.807, 2.05) is 13.0 Å². The molecule has 0 radical (unpaired) electrons. The van der Waals surface area contributed by atoms with E-state index in [2.05, 4.69) is 30.8 Å². The number of aromatic nitrogens is 2. The molecule has 0 bridgehead atoms. The number of carbonyl (C=O) groups excluding carboxylic acids is 1. The summed E-state index contributed by atoms with van der Waals surface area (Å²) < 4.78 is 10.5. The van der Waals surface area contributed by atoms with E-state index >= 15 is 0 Å². The van der Waals surface area contributed by atoms with Crippen LogP contribution in [0.15, 0.2) is 18.2 Å². The highest BCUT2D eigenvalue weighted by Crippen LogP contribution is 2.35. The monoisotopic (exact) mass is 448 g/mol. The van der Waals surface area contributed by atoms with E-state index in [-0.39, 0.29) is 6.03 Å². The molecular weight excluding hydrogens is 420 g/mol. The first-order chi connectivity index (χ1) is 15.0. The summed E-state index contributed by atoms with van der Waals surface area (Å²) in [6.45, 7) is 4.86. The number of carbonyl (C=O) groups is 1. The Labute approximate surface area is 187 Å². The fourth-order valence-corrected chi connectivity index (χ4v) is 3.66. The predicted octanol–water partition coefficient (Wildman–Crippen LogP) is 3.68. The van der Waals surface area contributed by atoms with Crippen LogP contribution in [0.2, 0.25) is 5.02 Å². The van der Waals surface area contributed by atoms with Gasteiger partial charge < -0.3 is 30.3 Å². The smallest absolute Gasteiger partial charge is 0.319 e. The van der Waals surface area contributed by atoms with Gasteiger partial charge in [0.15, 0.2) is 0 Å². The van der Waals surface area contributed by atoms with Crippen molar-refractivity contribution in [1.29, 1.82) is 0 Å². The summed E-state index contributed by atoms with van der Waals surface area (Å²) >= 11 is 6.14. The summed E-state index contributed by atoms with van der Waals surface area (Å²) in [4.78, 5) is 23.6. The van der Waals surface area contributed by atoms with Crippen LogP contribution < -0.4 is 30.3 Å². The van der Waals surface area contributed by atoms with Crippen molar-refractivity contribution in [2.24, 2.45) is 0 Å². The lowest BCUT2D eigenvalue weighted by Crippen LogP contribution is -2.33. The number of halogens is 1. The molecule has 168 valence electrons. The van der Waals surface area contributed by atoms with Gasteiger partial charge in [0.2, 0.25) is 0 Å². The van der Waals surface area contributed by atoms with Crippen molar-refractivity contribution in [2.75, 3.05) is 55.9 Å². The lowest BCUT2D eigenvalue weighted by molar-refractivity contribution is 0.252. The Morgan fingerprint density at radius 3 is 2.52 bits per heavy atom. The number of hydrogen-bond donors (Lipinski definition) is 3. The summed E-state index contributed by atoms with van der Waals surface area (Å²) in [6.07, 6.45) is 3.65. The molecule has 31 heavy (non-hydrogen) atoms. The molecule has 3 N–H and O–H groups in total. The Kier molecular flexibility index (Phi) is 8.00. The van der Waals surface area contributed by atoms with Crippen LogP contribution in [0.5, 0.6) is 11.5 Å². The number of nitrogens with one attached hydrogen (secondary N) is 3. The third-order valence-corrected chi connectivity index (χ3v) is 5.24. The van der Waals surface area contributed by atoms with Gasteiger partial charge in [-0.15, -0.1) is 0 Å². The molecule has 1 aliphatic heterocycles. The van der Waals surface area contributed by atoms with Crippen LogP contribution in [-0.2, 0) is 0 Å². The minimum atomic E-state index is -0.366. The van der Waals surface area contributed by atoms with Crippen LogP contribution in [0, 0.1) is 6.92 Å². The Morgan fingerprint density at radius 2 is 1.81 bits per heavy atom. The molecule has 10 heteroatoms. The number of piperidine rings is 1. The molecule has 1 saturated heterocycles. The van der Waals surface area contributed by atoms with Crippen molar-refractivity contribution in [3.63, 3.8) is 0 Å². The molecule has 3 rings (SSSR count). The first-order valence-electron chi connectivity index (χ1n) is 10.3. The van der Waals surface area contributed by atoms with Gasteiger partial charge in [-0.3, -0.25) is 0 Å². The van der Waals surface area contributed by atoms with Crippen LogP contribution in [0.4, 0.5) is 22.1 Å².